The number of sulfonamides is 1. The van der Waals surface area contributed by atoms with Crippen LogP contribution in [0.1, 0.15) is 19.4 Å². The summed E-state index contributed by atoms with van der Waals surface area (Å²) in [5, 5.41) is 8.67. The van der Waals surface area contributed by atoms with E-state index in [0.717, 1.165) is 19.6 Å². The van der Waals surface area contributed by atoms with Crippen LogP contribution < -0.4 is 9.62 Å². The molecule has 0 aliphatic rings. The van der Waals surface area contributed by atoms with Gasteiger partial charge in [-0.3, -0.25) is 0 Å². The molecule has 1 aromatic carbocycles. The van der Waals surface area contributed by atoms with Gasteiger partial charge in [-0.05, 0) is 38.1 Å². The highest BCUT2D eigenvalue weighted by atomic mass is 32.2. The van der Waals surface area contributed by atoms with Crippen LogP contribution in [-0.4, -0.2) is 34.6 Å². The maximum Gasteiger partial charge on any atom is 0.240 e. The summed E-state index contributed by atoms with van der Waals surface area (Å²) >= 11 is 0. The molecule has 0 bridgehead atoms. The third-order valence-electron chi connectivity index (χ3n) is 3.06. The number of hydrogen-bond acceptors (Lipinski definition) is 3. The summed E-state index contributed by atoms with van der Waals surface area (Å²) in [5.41, 5.74) is 0.450. The van der Waals surface area contributed by atoms with E-state index in [1.807, 2.05) is 6.07 Å². The molecule has 0 unspecified atom stereocenters. The molecule has 0 fully saturated rings. The molecule has 1 aromatic rings. The normalized spacial score (nSPS) is 11.5. The van der Waals surface area contributed by atoms with Gasteiger partial charge in [0.2, 0.25) is 10.0 Å². The van der Waals surface area contributed by atoms with Crippen molar-refractivity contribution in [2.45, 2.75) is 18.7 Å². The van der Waals surface area contributed by atoms with Gasteiger partial charge in [0.15, 0.2) is 0 Å². The lowest BCUT2D eigenvalue weighted by atomic mass is 10.2. The summed E-state index contributed by atoms with van der Waals surface area (Å²) in [6.45, 7) is 7.30. The highest BCUT2D eigenvalue weighted by molar-refractivity contribution is 7.89. The van der Waals surface area contributed by atoms with Crippen molar-refractivity contribution in [2.24, 2.45) is 0 Å². The lowest BCUT2D eigenvalue weighted by Crippen LogP contribution is -3.12. The molecule has 2 N–H and O–H groups in total. The third kappa shape index (κ3) is 4.63. The molecular weight excluding hydrogens is 262 g/mol. The molecule has 1 rings (SSSR count). The van der Waals surface area contributed by atoms with Crippen molar-refractivity contribution in [3.8, 4) is 6.07 Å². The first kappa shape index (κ1) is 15.6. The van der Waals surface area contributed by atoms with Crippen molar-refractivity contribution in [2.75, 3.05) is 26.2 Å². The summed E-state index contributed by atoms with van der Waals surface area (Å²) in [6.07, 6.45) is 0. The van der Waals surface area contributed by atoms with Crippen molar-refractivity contribution < 1.29 is 13.3 Å². The molecule has 0 spiro atoms. The van der Waals surface area contributed by atoms with E-state index < -0.39 is 10.0 Å². The minimum Gasteiger partial charge on any atom is -0.334 e. The molecule has 0 aromatic heterocycles. The highest BCUT2D eigenvalue weighted by Crippen LogP contribution is 2.09. The van der Waals surface area contributed by atoms with Gasteiger partial charge < -0.3 is 4.90 Å². The second-order valence-electron chi connectivity index (χ2n) is 4.24. The van der Waals surface area contributed by atoms with Crippen LogP contribution in [0.25, 0.3) is 0 Å². The lowest BCUT2D eigenvalue weighted by Gasteiger charge is -2.15. The minimum absolute atomic E-state index is 0.195. The van der Waals surface area contributed by atoms with Crippen LogP contribution in [0.15, 0.2) is 29.2 Å². The number of rotatable bonds is 7. The molecule has 0 aliphatic heterocycles. The summed E-state index contributed by atoms with van der Waals surface area (Å²) in [4.78, 5) is 1.54. The molecule has 0 heterocycles. The van der Waals surface area contributed by atoms with Gasteiger partial charge in [-0.15, -0.1) is 0 Å². The first-order chi connectivity index (χ1) is 9.03. The van der Waals surface area contributed by atoms with Gasteiger partial charge in [0, 0.05) is 0 Å². The van der Waals surface area contributed by atoms with Crippen molar-refractivity contribution in [1.29, 1.82) is 5.26 Å². The molecule has 0 amide bonds. The fourth-order valence-electron chi connectivity index (χ4n) is 1.76. The van der Waals surface area contributed by atoms with E-state index in [-0.39, 0.29) is 4.90 Å². The van der Waals surface area contributed by atoms with Crippen LogP contribution >= 0.6 is 0 Å². The average molecular weight is 282 g/mol. The Morgan fingerprint density at radius 1 is 1.21 bits per heavy atom. The van der Waals surface area contributed by atoms with E-state index in [1.165, 1.54) is 29.2 Å². The van der Waals surface area contributed by atoms with Gasteiger partial charge >= 0.3 is 0 Å². The van der Waals surface area contributed by atoms with E-state index in [9.17, 15) is 8.42 Å². The van der Waals surface area contributed by atoms with E-state index >= 15 is 0 Å². The Bertz CT molecular complexity index is 528. The fraction of sp³-hybridized carbons (Fsp3) is 0.462. The molecule has 5 nitrogen and oxygen atoms in total. The predicted octanol–water partition coefficient (Wildman–Crippen LogP) is -0.239. The third-order valence-corrected chi connectivity index (χ3v) is 4.54. The smallest absolute Gasteiger partial charge is 0.240 e. The molecule has 104 valence electrons. The number of nitrogens with zero attached hydrogens (tertiary/aromatic N) is 1. The van der Waals surface area contributed by atoms with E-state index in [0.29, 0.717) is 12.1 Å². The Morgan fingerprint density at radius 2 is 1.79 bits per heavy atom. The van der Waals surface area contributed by atoms with Crippen LogP contribution in [0.5, 0.6) is 0 Å². The quantitative estimate of drug-likeness (QED) is 0.725. The molecule has 19 heavy (non-hydrogen) atoms. The van der Waals surface area contributed by atoms with Gasteiger partial charge in [0.25, 0.3) is 0 Å². The Labute approximate surface area is 114 Å². The van der Waals surface area contributed by atoms with Gasteiger partial charge in [-0.25, -0.2) is 13.1 Å². The van der Waals surface area contributed by atoms with E-state index in [2.05, 4.69) is 18.6 Å². The number of benzene rings is 1. The van der Waals surface area contributed by atoms with Crippen molar-refractivity contribution in [3.05, 3.63) is 29.8 Å². The molecule has 6 heteroatoms. The van der Waals surface area contributed by atoms with Crippen LogP contribution in [-0.2, 0) is 10.0 Å². The number of nitriles is 1. The second kappa shape index (κ2) is 7.24. The molecule has 0 saturated heterocycles. The molecule has 0 radical (unpaired) electrons. The Kier molecular flexibility index (Phi) is 5.96. The van der Waals surface area contributed by atoms with Crippen LogP contribution in [0.3, 0.4) is 0 Å². The number of nitrogens with one attached hydrogen (secondary N) is 2. The average Bonchev–Trinajstić information content (AvgIpc) is 2.43. The van der Waals surface area contributed by atoms with Crippen LogP contribution in [0.4, 0.5) is 0 Å². The van der Waals surface area contributed by atoms with E-state index in [1.54, 1.807) is 0 Å². The summed E-state index contributed by atoms with van der Waals surface area (Å²) in [7, 11) is -3.47. The van der Waals surface area contributed by atoms with Gasteiger partial charge in [-0.1, -0.05) is 0 Å². The maximum atomic E-state index is 12.0. The Morgan fingerprint density at radius 3 is 2.26 bits per heavy atom. The minimum atomic E-state index is -3.47. The van der Waals surface area contributed by atoms with Gasteiger partial charge in [0.1, 0.15) is 0 Å². The highest BCUT2D eigenvalue weighted by Gasteiger charge is 2.14. The zero-order valence-corrected chi connectivity index (χ0v) is 12.1. The van der Waals surface area contributed by atoms with Crippen LogP contribution in [0, 0.1) is 11.3 Å². The largest absolute Gasteiger partial charge is 0.334 e. The lowest BCUT2D eigenvalue weighted by molar-refractivity contribution is -0.895. The molecule has 0 atom stereocenters. The number of likely N-dealkylation sites (N-methyl/N-ethyl adjacent to an activating group) is 1. The van der Waals surface area contributed by atoms with Crippen LogP contribution in [0.2, 0.25) is 0 Å². The molecule has 0 aliphatic carbocycles. The summed E-state index contributed by atoms with van der Waals surface area (Å²) in [6, 6.07) is 7.87. The van der Waals surface area contributed by atoms with Crippen molar-refractivity contribution >= 4 is 10.0 Å². The van der Waals surface area contributed by atoms with E-state index in [4.69, 9.17) is 5.26 Å². The zero-order chi connectivity index (χ0) is 14.3. The monoisotopic (exact) mass is 282 g/mol. The Balaban J connectivity index is 2.63. The van der Waals surface area contributed by atoms with Gasteiger partial charge in [-0.2, -0.15) is 5.26 Å². The topological polar surface area (TPSA) is 74.4 Å². The van der Waals surface area contributed by atoms with Gasteiger partial charge in [0.05, 0.1) is 42.7 Å². The van der Waals surface area contributed by atoms with Crippen molar-refractivity contribution in [1.82, 2.24) is 4.72 Å². The molecule has 0 saturated carbocycles. The van der Waals surface area contributed by atoms with Crippen molar-refractivity contribution in [3.63, 3.8) is 0 Å². The summed E-state index contributed by atoms with van der Waals surface area (Å²) < 4.78 is 26.6. The summed E-state index contributed by atoms with van der Waals surface area (Å²) in [5.74, 6) is 0. The second-order valence-corrected chi connectivity index (χ2v) is 6.01. The fourth-order valence-corrected chi connectivity index (χ4v) is 2.79. The first-order valence-electron chi connectivity index (χ1n) is 6.36. The SMILES string of the molecule is CC[NH+](CC)CCNS(=O)(=O)c1ccc(C#N)cc1. The standard InChI is InChI=1S/C13H19N3O2S/c1-3-16(4-2)10-9-15-19(17,18)13-7-5-12(11-14)6-8-13/h5-8,15H,3-4,9-10H2,1-2H3/p+1. The maximum absolute atomic E-state index is 12.0. The molecular formula is C13H20N3O2S+. The Hall–Kier alpha value is -1.42. The predicted molar refractivity (Wildman–Crippen MR) is 73.3 cm³/mol. The number of quaternary nitrogens is 1. The zero-order valence-electron chi connectivity index (χ0n) is 11.3. The number of hydrogen-bond donors (Lipinski definition) is 2. The first-order valence-corrected chi connectivity index (χ1v) is 7.85.